The third kappa shape index (κ3) is 3.37. The molecule has 1 rings (SSSR count). The number of carbonyl (C=O) groups is 1. The van der Waals surface area contributed by atoms with Crippen LogP contribution in [0.2, 0.25) is 0 Å². The molecular weight excluding hydrogens is 162 g/mol. The van der Waals surface area contributed by atoms with Gasteiger partial charge in [0.1, 0.15) is 0 Å². The van der Waals surface area contributed by atoms with Crippen molar-refractivity contribution in [2.45, 2.75) is 58.4 Å². The normalized spacial score (nSPS) is 20.2. The first kappa shape index (κ1) is 10.6. The molecule has 13 heavy (non-hydrogen) atoms. The molecule has 0 spiro atoms. The van der Waals surface area contributed by atoms with Gasteiger partial charge in [0.25, 0.3) is 0 Å². The van der Waals surface area contributed by atoms with Gasteiger partial charge in [-0.1, -0.05) is 33.1 Å². The van der Waals surface area contributed by atoms with Gasteiger partial charge in [-0.25, -0.2) is 0 Å². The van der Waals surface area contributed by atoms with Crippen molar-refractivity contribution in [3.05, 3.63) is 0 Å². The van der Waals surface area contributed by atoms with Gasteiger partial charge in [0.15, 0.2) is 0 Å². The van der Waals surface area contributed by atoms with Gasteiger partial charge in [0.05, 0.1) is 0 Å². The molecule has 1 amide bonds. The lowest BCUT2D eigenvalue weighted by Crippen LogP contribution is -2.36. The van der Waals surface area contributed by atoms with Crippen molar-refractivity contribution in [1.29, 1.82) is 0 Å². The van der Waals surface area contributed by atoms with Crippen molar-refractivity contribution in [3.63, 3.8) is 0 Å². The van der Waals surface area contributed by atoms with Crippen LogP contribution >= 0.6 is 0 Å². The third-order valence-electron chi connectivity index (χ3n) is 2.87. The number of nitrogens with one attached hydrogen (secondary N) is 1. The predicted molar refractivity (Wildman–Crippen MR) is 54.5 cm³/mol. The Morgan fingerprint density at radius 3 is 2.62 bits per heavy atom. The van der Waals surface area contributed by atoms with E-state index in [0.717, 1.165) is 12.8 Å². The van der Waals surface area contributed by atoms with E-state index in [1.807, 2.05) is 6.92 Å². The van der Waals surface area contributed by atoms with E-state index in [4.69, 9.17) is 0 Å². The summed E-state index contributed by atoms with van der Waals surface area (Å²) in [6.07, 6.45) is 7.05. The molecule has 0 saturated heterocycles. The lowest BCUT2D eigenvalue weighted by Gasteiger charge is -2.15. The second-order valence-electron chi connectivity index (χ2n) is 4.18. The molecule has 1 N–H and O–H groups in total. The van der Waals surface area contributed by atoms with Crippen molar-refractivity contribution in [2.24, 2.45) is 5.92 Å². The summed E-state index contributed by atoms with van der Waals surface area (Å²) in [5, 5.41) is 3.12. The van der Waals surface area contributed by atoms with Crippen molar-refractivity contribution in [1.82, 2.24) is 5.32 Å². The van der Waals surface area contributed by atoms with Crippen LogP contribution in [-0.4, -0.2) is 11.9 Å². The van der Waals surface area contributed by atoms with E-state index in [0.29, 0.717) is 6.04 Å². The van der Waals surface area contributed by atoms with Gasteiger partial charge in [-0.2, -0.15) is 0 Å². The number of carbonyl (C=O) groups excluding carboxylic acids is 1. The maximum absolute atomic E-state index is 11.6. The number of hydrogen-bond donors (Lipinski definition) is 1. The molecule has 1 aliphatic rings. The molecule has 0 aromatic rings. The maximum atomic E-state index is 11.6. The fraction of sp³-hybridized carbons (Fsp3) is 0.909. The summed E-state index contributed by atoms with van der Waals surface area (Å²) in [4.78, 5) is 11.6. The molecule has 2 nitrogen and oxygen atoms in total. The fourth-order valence-corrected chi connectivity index (χ4v) is 1.98. The lowest BCUT2D eigenvalue weighted by atomic mass is 10.0. The molecule has 0 radical (unpaired) electrons. The third-order valence-corrected chi connectivity index (χ3v) is 2.87. The minimum Gasteiger partial charge on any atom is -0.353 e. The highest BCUT2D eigenvalue weighted by Gasteiger charge is 2.19. The summed E-state index contributed by atoms with van der Waals surface area (Å²) in [5.41, 5.74) is 0. The van der Waals surface area contributed by atoms with E-state index in [9.17, 15) is 4.79 Å². The van der Waals surface area contributed by atoms with Crippen LogP contribution in [0.4, 0.5) is 0 Å². The van der Waals surface area contributed by atoms with Gasteiger partial charge < -0.3 is 5.32 Å². The molecule has 0 aromatic heterocycles. The van der Waals surface area contributed by atoms with E-state index in [2.05, 4.69) is 12.2 Å². The molecule has 0 bridgehead atoms. The number of rotatable bonds is 4. The Labute approximate surface area is 81.1 Å². The summed E-state index contributed by atoms with van der Waals surface area (Å²) >= 11 is 0. The Morgan fingerprint density at radius 2 is 2.08 bits per heavy atom. The van der Waals surface area contributed by atoms with Gasteiger partial charge in [-0.05, 0) is 19.3 Å². The Kier molecular flexibility index (Phi) is 4.26. The summed E-state index contributed by atoms with van der Waals surface area (Å²) < 4.78 is 0. The van der Waals surface area contributed by atoms with Crippen molar-refractivity contribution in [3.8, 4) is 0 Å². The molecule has 1 fully saturated rings. The van der Waals surface area contributed by atoms with E-state index in [-0.39, 0.29) is 11.8 Å². The van der Waals surface area contributed by atoms with E-state index < -0.39 is 0 Å². The van der Waals surface area contributed by atoms with Crippen LogP contribution in [0.3, 0.4) is 0 Å². The van der Waals surface area contributed by atoms with Crippen LogP contribution in [0.15, 0.2) is 0 Å². The summed E-state index contributed by atoms with van der Waals surface area (Å²) in [6, 6.07) is 0.479. The van der Waals surface area contributed by atoms with Crippen LogP contribution in [0.1, 0.15) is 52.4 Å². The van der Waals surface area contributed by atoms with Crippen molar-refractivity contribution >= 4 is 5.91 Å². The first-order valence-corrected chi connectivity index (χ1v) is 5.54. The summed E-state index contributed by atoms with van der Waals surface area (Å²) in [5.74, 6) is 0.458. The average molecular weight is 183 g/mol. The lowest BCUT2D eigenvalue weighted by molar-refractivity contribution is -0.125. The molecule has 1 atom stereocenters. The van der Waals surface area contributed by atoms with Gasteiger partial charge in [-0.3, -0.25) is 4.79 Å². The van der Waals surface area contributed by atoms with Crippen LogP contribution in [0.5, 0.6) is 0 Å². The minimum absolute atomic E-state index is 0.200. The highest BCUT2D eigenvalue weighted by Crippen LogP contribution is 2.18. The molecule has 2 heteroatoms. The standard InChI is InChI=1S/C11H21NO/c1-3-6-9(2)11(13)12-10-7-4-5-8-10/h9-10H,3-8H2,1-2H3,(H,12,13)/t9-/m0/s1. The Morgan fingerprint density at radius 1 is 1.46 bits per heavy atom. The van der Waals surface area contributed by atoms with Gasteiger partial charge in [0, 0.05) is 12.0 Å². The maximum Gasteiger partial charge on any atom is 0.223 e. The van der Waals surface area contributed by atoms with Crippen molar-refractivity contribution in [2.75, 3.05) is 0 Å². The van der Waals surface area contributed by atoms with Gasteiger partial charge in [-0.15, -0.1) is 0 Å². The van der Waals surface area contributed by atoms with Crippen LogP contribution in [-0.2, 0) is 4.79 Å². The quantitative estimate of drug-likeness (QED) is 0.712. The van der Waals surface area contributed by atoms with E-state index in [1.54, 1.807) is 0 Å². The van der Waals surface area contributed by atoms with E-state index >= 15 is 0 Å². The monoisotopic (exact) mass is 183 g/mol. The smallest absolute Gasteiger partial charge is 0.223 e. The Balaban J connectivity index is 2.22. The molecular formula is C11H21NO. The first-order valence-electron chi connectivity index (χ1n) is 5.54. The topological polar surface area (TPSA) is 29.1 Å². The van der Waals surface area contributed by atoms with Crippen LogP contribution in [0, 0.1) is 5.92 Å². The Hall–Kier alpha value is -0.530. The molecule has 0 heterocycles. The SMILES string of the molecule is CCC[C@H](C)C(=O)NC1CCCC1. The largest absolute Gasteiger partial charge is 0.353 e. The zero-order valence-corrected chi connectivity index (χ0v) is 8.81. The molecule has 1 saturated carbocycles. The minimum atomic E-state index is 0.200. The molecule has 76 valence electrons. The molecule has 0 unspecified atom stereocenters. The number of amides is 1. The second-order valence-corrected chi connectivity index (χ2v) is 4.18. The zero-order chi connectivity index (χ0) is 9.68. The average Bonchev–Trinajstić information content (AvgIpc) is 2.57. The van der Waals surface area contributed by atoms with E-state index in [1.165, 1.54) is 25.7 Å². The van der Waals surface area contributed by atoms with Crippen LogP contribution < -0.4 is 5.32 Å². The first-order chi connectivity index (χ1) is 6.24. The molecule has 1 aliphatic carbocycles. The van der Waals surface area contributed by atoms with Crippen molar-refractivity contribution < 1.29 is 4.79 Å². The predicted octanol–water partition coefficient (Wildman–Crippen LogP) is 2.48. The highest BCUT2D eigenvalue weighted by atomic mass is 16.1. The van der Waals surface area contributed by atoms with Gasteiger partial charge in [0.2, 0.25) is 5.91 Å². The van der Waals surface area contributed by atoms with Gasteiger partial charge >= 0.3 is 0 Å². The molecule has 0 aromatic carbocycles. The zero-order valence-electron chi connectivity index (χ0n) is 8.81. The Bertz CT molecular complexity index is 161. The summed E-state index contributed by atoms with van der Waals surface area (Å²) in [7, 11) is 0. The van der Waals surface area contributed by atoms with Crippen LogP contribution in [0.25, 0.3) is 0 Å². The number of hydrogen-bond acceptors (Lipinski definition) is 1. The molecule has 0 aliphatic heterocycles. The highest BCUT2D eigenvalue weighted by molar-refractivity contribution is 5.78. The second kappa shape index (κ2) is 5.25. The fourth-order valence-electron chi connectivity index (χ4n) is 1.98. The summed E-state index contributed by atoms with van der Waals surface area (Å²) in [6.45, 7) is 4.15.